The highest BCUT2D eigenvalue weighted by Gasteiger charge is 2.15. The number of thiazole rings is 1. The second-order valence-electron chi connectivity index (χ2n) is 5.00. The normalized spacial score (nSPS) is 12.9. The third-order valence-corrected chi connectivity index (χ3v) is 4.34. The molecule has 104 valence electrons. The molecule has 1 N–H and O–H groups in total. The van der Waals surface area contributed by atoms with Crippen molar-refractivity contribution in [3.63, 3.8) is 0 Å². The lowest BCUT2D eigenvalue weighted by Crippen LogP contribution is -2.23. The van der Waals surface area contributed by atoms with Gasteiger partial charge in [-0.3, -0.25) is 4.40 Å². The Balaban J connectivity index is 1.87. The minimum Gasteiger partial charge on any atom is -0.310 e. The molecule has 3 rings (SSSR count). The molecular weight excluding hydrogens is 266 g/mol. The number of rotatable bonds is 5. The van der Waals surface area contributed by atoms with Crippen molar-refractivity contribution >= 4 is 16.3 Å². The van der Waals surface area contributed by atoms with Crippen LogP contribution in [0.3, 0.4) is 0 Å². The first-order valence-corrected chi connectivity index (χ1v) is 7.86. The maximum atomic E-state index is 4.69. The summed E-state index contributed by atoms with van der Waals surface area (Å²) in [5, 5.41) is 5.64. The van der Waals surface area contributed by atoms with Gasteiger partial charge in [-0.05, 0) is 24.6 Å². The smallest absolute Gasteiger partial charge is 0.193 e. The van der Waals surface area contributed by atoms with E-state index in [2.05, 4.69) is 65.6 Å². The van der Waals surface area contributed by atoms with Gasteiger partial charge in [0.1, 0.15) is 0 Å². The van der Waals surface area contributed by atoms with Crippen LogP contribution >= 0.6 is 11.3 Å². The lowest BCUT2D eigenvalue weighted by molar-refractivity contribution is 0.543. The highest BCUT2D eigenvalue weighted by molar-refractivity contribution is 7.15. The summed E-state index contributed by atoms with van der Waals surface area (Å²) >= 11 is 1.68. The fraction of sp³-hybridized carbons (Fsp3) is 0.312. The van der Waals surface area contributed by atoms with Crippen molar-refractivity contribution in [2.75, 3.05) is 6.54 Å². The van der Waals surface area contributed by atoms with Gasteiger partial charge in [0.25, 0.3) is 0 Å². The Morgan fingerprint density at radius 1 is 1.35 bits per heavy atom. The quantitative estimate of drug-likeness (QED) is 0.776. The Bertz CT molecular complexity index is 670. The van der Waals surface area contributed by atoms with Crippen LogP contribution in [-0.2, 0) is 6.42 Å². The molecule has 0 fully saturated rings. The summed E-state index contributed by atoms with van der Waals surface area (Å²) in [6.07, 6.45) is 5.12. The zero-order valence-corrected chi connectivity index (χ0v) is 12.7. The molecule has 0 saturated heterocycles. The van der Waals surface area contributed by atoms with Crippen LogP contribution < -0.4 is 5.32 Å². The lowest BCUT2D eigenvalue weighted by Gasteiger charge is -2.19. The predicted molar refractivity (Wildman–Crippen MR) is 84.4 cm³/mol. The number of imidazole rings is 1. The number of aryl methyl sites for hydroxylation is 1. The zero-order valence-electron chi connectivity index (χ0n) is 11.8. The summed E-state index contributed by atoms with van der Waals surface area (Å²) < 4.78 is 2.10. The largest absolute Gasteiger partial charge is 0.310 e. The van der Waals surface area contributed by atoms with E-state index in [1.165, 1.54) is 11.1 Å². The van der Waals surface area contributed by atoms with Gasteiger partial charge in [-0.1, -0.05) is 31.2 Å². The molecular formula is C16H19N3S. The van der Waals surface area contributed by atoms with Crippen molar-refractivity contribution in [3.8, 4) is 0 Å². The molecule has 0 saturated carbocycles. The van der Waals surface area contributed by atoms with Crippen LogP contribution in [0.2, 0.25) is 0 Å². The van der Waals surface area contributed by atoms with Crippen molar-refractivity contribution in [1.82, 2.24) is 14.7 Å². The molecule has 4 heteroatoms. The number of aromatic nitrogens is 2. The molecule has 0 bridgehead atoms. The van der Waals surface area contributed by atoms with E-state index in [4.69, 9.17) is 4.98 Å². The first kappa shape index (κ1) is 13.3. The van der Waals surface area contributed by atoms with Crippen molar-refractivity contribution in [1.29, 1.82) is 0 Å². The van der Waals surface area contributed by atoms with E-state index in [1.54, 1.807) is 11.3 Å². The monoisotopic (exact) mass is 285 g/mol. The Kier molecular flexibility index (Phi) is 3.85. The second-order valence-corrected chi connectivity index (χ2v) is 5.87. The number of hydrogen-bond donors (Lipinski definition) is 1. The Morgan fingerprint density at radius 2 is 2.20 bits per heavy atom. The Hall–Kier alpha value is -1.65. The predicted octanol–water partition coefficient (Wildman–Crippen LogP) is 3.60. The summed E-state index contributed by atoms with van der Waals surface area (Å²) in [6, 6.07) is 8.91. The van der Waals surface area contributed by atoms with Crippen molar-refractivity contribution in [2.24, 2.45) is 0 Å². The van der Waals surface area contributed by atoms with E-state index < -0.39 is 0 Å². The molecule has 3 aromatic rings. The minimum atomic E-state index is 0.325. The van der Waals surface area contributed by atoms with Crippen LogP contribution in [0.5, 0.6) is 0 Å². The first-order valence-electron chi connectivity index (χ1n) is 6.98. The highest BCUT2D eigenvalue weighted by Crippen LogP contribution is 2.22. The van der Waals surface area contributed by atoms with Crippen LogP contribution in [0.25, 0.3) is 4.96 Å². The maximum Gasteiger partial charge on any atom is 0.193 e. The van der Waals surface area contributed by atoms with Crippen LogP contribution in [0, 0.1) is 6.92 Å². The van der Waals surface area contributed by atoms with E-state index in [0.29, 0.717) is 6.04 Å². The number of hydrogen-bond acceptors (Lipinski definition) is 3. The number of nitrogens with one attached hydrogen (secondary N) is 1. The van der Waals surface area contributed by atoms with E-state index in [1.807, 2.05) is 0 Å². The van der Waals surface area contributed by atoms with Crippen LogP contribution in [0.15, 0.2) is 42.0 Å². The second kappa shape index (κ2) is 5.77. The zero-order chi connectivity index (χ0) is 13.9. The van der Waals surface area contributed by atoms with E-state index in [-0.39, 0.29) is 0 Å². The van der Waals surface area contributed by atoms with Gasteiger partial charge in [0, 0.05) is 30.2 Å². The molecule has 2 heterocycles. The summed E-state index contributed by atoms with van der Waals surface area (Å²) in [5.41, 5.74) is 3.84. The van der Waals surface area contributed by atoms with Gasteiger partial charge in [-0.15, -0.1) is 11.3 Å². The van der Waals surface area contributed by atoms with Gasteiger partial charge >= 0.3 is 0 Å². The van der Waals surface area contributed by atoms with Gasteiger partial charge < -0.3 is 5.32 Å². The summed E-state index contributed by atoms with van der Waals surface area (Å²) in [6.45, 7) is 5.28. The topological polar surface area (TPSA) is 29.3 Å². The number of likely N-dealkylation sites (N-methyl/N-ethyl adjacent to an activating group) is 1. The van der Waals surface area contributed by atoms with Crippen molar-refractivity contribution in [3.05, 3.63) is 58.9 Å². The van der Waals surface area contributed by atoms with E-state index in [0.717, 1.165) is 23.6 Å². The molecule has 1 unspecified atom stereocenters. The summed E-state index contributed by atoms with van der Waals surface area (Å²) in [7, 11) is 0. The van der Waals surface area contributed by atoms with Gasteiger partial charge in [0.15, 0.2) is 4.96 Å². The van der Waals surface area contributed by atoms with Gasteiger partial charge in [0.05, 0.1) is 5.69 Å². The third kappa shape index (κ3) is 2.62. The van der Waals surface area contributed by atoms with Crippen LogP contribution in [0.1, 0.15) is 29.8 Å². The van der Waals surface area contributed by atoms with E-state index >= 15 is 0 Å². The molecule has 0 aliphatic heterocycles. The highest BCUT2D eigenvalue weighted by atomic mass is 32.1. The number of fused-ring (bicyclic) bond motifs is 1. The van der Waals surface area contributed by atoms with Crippen LogP contribution in [0.4, 0.5) is 0 Å². The minimum absolute atomic E-state index is 0.325. The molecule has 1 atom stereocenters. The molecule has 20 heavy (non-hydrogen) atoms. The Morgan fingerprint density at radius 3 is 2.95 bits per heavy atom. The first-order chi connectivity index (χ1) is 9.78. The van der Waals surface area contributed by atoms with Gasteiger partial charge in [0.2, 0.25) is 0 Å². The fourth-order valence-corrected chi connectivity index (χ4v) is 3.32. The molecule has 1 aromatic carbocycles. The van der Waals surface area contributed by atoms with Gasteiger partial charge in [-0.25, -0.2) is 4.98 Å². The average Bonchev–Trinajstić information content (AvgIpc) is 3.00. The standard InChI is InChI=1S/C16H19N3S/c1-3-17-15(14-7-5-4-6-12(14)2)10-13-11-19-8-9-20-16(19)18-13/h4-9,11,15,17H,3,10H2,1-2H3. The van der Waals surface area contributed by atoms with Crippen molar-refractivity contribution in [2.45, 2.75) is 26.3 Å². The SMILES string of the molecule is CCNC(Cc1cn2ccsc2n1)c1ccccc1C. The number of nitrogens with zero attached hydrogens (tertiary/aromatic N) is 2. The summed E-state index contributed by atoms with van der Waals surface area (Å²) in [4.78, 5) is 5.76. The van der Waals surface area contributed by atoms with E-state index in [9.17, 15) is 0 Å². The summed E-state index contributed by atoms with van der Waals surface area (Å²) in [5.74, 6) is 0. The molecule has 0 aliphatic rings. The molecule has 0 amide bonds. The average molecular weight is 285 g/mol. The van der Waals surface area contributed by atoms with Crippen molar-refractivity contribution < 1.29 is 0 Å². The Labute approximate surface area is 123 Å². The third-order valence-electron chi connectivity index (χ3n) is 3.57. The molecule has 3 nitrogen and oxygen atoms in total. The lowest BCUT2D eigenvalue weighted by atomic mass is 9.98. The fourth-order valence-electron chi connectivity index (χ4n) is 2.60. The maximum absolute atomic E-state index is 4.69. The molecule has 2 aromatic heterocycles. The molecule has 0 spiro atoms. The van der Waals surface area contributed by atoms with Gasteiger partial charge in [-0.2, -0.15) is 0 Å². The molecule has 0 aliphatic carbocycles. The number of benzene rings is 1. The molecule has 0 radical (unpaired) electrons. The van der Waals surface area contributed by atoms with Crippen LogP contribution in [-0.4, -0.2) is 15.9 Å².